The van der Waals surface area contributed by atoms with Crippen LogP contribution in [0.1, 0.15) is 23.5 Å². The number of esters is 1. The van der Waals surface area contributed by atoms with Crippen molar-refractivity contribution in [2.75, 3.05) is 26.8 Å². The first kappa shape index (κ1) is 24.5. The normalized spacial score (nSPS) is 23.3. The number of benzene rings is 1. The van der Waals surface area contributed by atoms with Crippen molar-refractivity contribution in [2.24, 2.45) is 4.99 Å². The summed E-state index contributed by atoms with van der Waals surface area (Å²) in [6.45, 7) is 2.52. The van der Waals surface area contributed by atoms with E-state index in [0.29, 0.717) is 39.7 Å². The number of carboxylic acids is 1. The third kappa shape index (κ3) is 4.90. The Kier molecular flexibility index (Phi) is 7.41. The molecule has 0 amide bonds. The van der Waals surface area contributed by atoms with Crippen molar-refractivity contribution in [3.05, 3.63) is 61.9 Å². The number of aliphatic carboxylic acids is 1. The molecule has 4 rings (SSSR count). The number of carbonyl (C=O) groups excluding carboxylic acids is 1. The van der Waals surface area contributed by atoms with Gasteiger partial charge in [-0.1, -0.05) is 22.0 Å². The SMILES string of the molecule is COC(=O)C1=C(CN2CCO[C@H](C)[C@H]2C(=O)O)NC(c2nccs2)=N[C@H]1c1ccc(F)cc1Br. The number of carboxylic acid groups (broad SMARTS) is 1. The van der Waals surface area contributed by atoms with Crippen LogP contribution in [0.3, 0.4) is 0 Å². The summed E-state index contributed by atoms with van der Waals surface area (Å²) in [5, 5.41) is 15.4. The van der Waals surface area contributed by atoms with Crippen LogP contribution in [0.2, 0.25) is 0 Å². The van der Waals surface area contributed by atoms with Gasteiger partial charge in [0.2, 0.25) is 0 Å². The van der Waals surface area contributed by atoms with Crippen LogP contribution in [0.4, 0.5) is 4.39 Å². The molecule has 0 spiro atoms. The van der Waals surface area contributed by atoms with E-state index in [-0.39, 0.29) is 12.1 Å². The molecule has 180 valence electrons. The third-order valence-corrected chi connectivity index (χ3v) is 7.10. The van der Waals surface area contributed by atoms with Crippen molar-refractivity contribution in [3.8, 4) is 0 Å². The fourth-order valence-electron chi connectivity index (χ4n) is 4.09. The number of amidine groups is 1. The van der Waals surface area contributed by atoms with Gasteiger partial charge in [-0.05, 0) is 24.6 Å². The Hall–Kier alpha value is -2.67. The van der Waals surface area contributed by atoms with E-state index >= 15 is 0 Å². The number of hydrogen-bond acceptors (Lipinski definition) is 9. The van der Waals surface area contributed by atoms with E-state index in [4.69, 9.17) is 14.5 Å². The Balaban J connectivity index is 1.83. The van der Waals surface area contributed by atoms with Gasteiger partial charge < -0.3 is 19.9 Å². The average molecular weight is 553 g/mol. The van der Waals surface area contributed by atoms with Crippen LogP contribution in [0, 0.1) is 5.82 Å². The van der Waals surface area contributed by atoms with Gasteiger partial charge in [0, 0.05) is 34.8 Å². The maximum atomic E-state index is 13.8. The second kappa shape index (κ2) is 10.3. The van der Waals surface area contributed by atoms with Crippen LogP contribution >= 0.6 is 27.3 Å². The number of rotatable bonds is 6. The van der Waals surface area contributed by atoms with Crippen LogP contribution in [-0.2, 0) is 19.1 Å². The molecule has 9 nitrogen and oxygen atoms in total. The number of ether oxygens (including phenoxy) is 2. The van der Waals surface area contributed by atoms with Crippen molar-refractivity contribution >= 4 is 45.0 Å². The molecule has 12 heteroatoms. The minimum atomic E-state index is -1.02. The Morgan fingerprint density at radius 1 is 1.44 bits per heavy atom. The zero-order valence-corrected chi connectivity index (χ0v) is 20.7. The summed E-state index contributed by atoms with van der Waals surface area (Å²) in [4.78, 5) is 35.8. The highest BCUT2D eigenvalue weighted by molar-refractivity contribution is 9.10. The van der Waals surface area contributed by atoms with Crippen molar-refractivity contribution in [1.29, 1.82) is 0 Å². The summed E-state index contributed by atoms with van der Waals surface area (Å²) >= 11 is 4.74. The number of halogens is 2. The lowest BCUT2D eigenvalue weighted by Crippen LogP contribution is -2.56. The molecular weight excluding hydrogens is 531 g/mol. The molecular formula is C22H22BrFN4O5S. The maximum absolute atomic E-state index is 13.8. The van der Waals surface area contributed by atoms with Crippen molar-refractivity contribution in [3.63, 3.8) is 0 Å². The highest BCUT2D eigenvalue weighted by atomic mass is 79.9. The number of morpholine rings is 1. The van der Waals surface area contributed by atoms with Crippen LogP contribution in [0.15, 0.2) is 50.5 Å². The van der Waals surface area contributed by atoms with Crippen molar-refractivity contribution in [2.45, 2.75) is 25.1 Å². The lowest BCUT2D eigenvalue weighted by molar-refractivity contribution is -0.155. The number of aliphatic imine (C=N–C) groups is 1. The predicted octanol–water partition coefficient (Wildman–Crippen LogP) is 2.74. The van der Waals surface area contributed by atoms with Crippen LogP contribution in [-0.4, -0.2) is 71.7 Å². The van der Waals surface area contributed by atoms with E-state index < -0.39 is 35.9 Å². The van der Waals surface area contributed by atoms with Gasteiger partial charge in [-0.3, -0.25) is 14.7 Å². The molecule has 1 aromatic carbocycles. The molecule has 2 aliphatic rings. The average Bonchev–Trinajstić information content (AvgIpc) is 3.33. The fraction of sp³-hybridized carbons (Fsp3) is 0.364. The molecule has 0 bridgehead atoms. The molecule has 3 atom stereocenters. The van der Waals surface area contributed by atoms with E-state index in [1.165, 1.54) is 30.6 Å². The number of hydrogen-bond donors (Lipinski definition) is 2. The van der Waals surface area contributed by atoms with E-state index in [1.54, 1.807) is 29.5 Å². The van der Waals surface area contributed by atoms with Gasteiger partial charge in [0.25, 0.3) is 0 Å². The predicted molar refractivity (Wildman–Crippen MR) is 126 cm³/mol. The number of nitrogens with zero attached hydrogens (tertiary/aromatic N) is 3. The van der Waals surface area contributed by atoms with Gasteiger partial charge >= 0.3 is 11.9 Å². The molecule has 0 unspecified atom stereocenters. The van der Waals surface area contributed by atoms with Gasteiger partial charge in [0.05, 0.1) is 25.4 Å². The van der Waals surface area contributed by atoms with E-state index in [9.17, 15) is 19.1 Å². The standard InChI is InChI=1S/C22H22BrFN4O5S/c1-11-18(21(29)30)28(6-7-33-11)10-15-16(22(31)32-2)17(13-4-3-12(24)9-14(13)23)27-19(26-15)20-25-5-8-34-20/h3-5,8-9,11,17-18H,6-7,10H2,1-2H3,(H,26,27)(H,29,30)/t11-,17+,18+/m1/s1. The van der Waals surface area contributed by atoms with Crippen LogP contribution in [0.5, 0.6) is 0 Å². The summed E-state index contributed by atoms with van der Waals surface area (Å²) in [7, 11) is 1.26. The molecule has 2 aromatic rings. The largest absolute Gasteiger partial charge is 0.480 e. The van der Waals surface area contributed by atoms with Gasteiger partial charge in [-0.15, -0.1) is 11.3 Å². The molecule has 3 heterocycles. The Morgan fingerprint density at radius 3 is 2.88 bits per heavy atom. The van der Waals surface area contributed by atoms with Crippen molar-refractivity contribution < 1.29 is 28.6 Å². The molecule has 2 aliphatic heterocycles. The molecule has 2 N–H and O–H groups in total. The highest BCUT2D eigenvalue weighted by Crippen LogP contribution is 2.37. The third-order valence-electron chi connectivity index (χ3n) is 5.63. The summed E-state index contributed by atoms with van der Waals surface area (Å²) in [5.74, 6) is -1.66. The summed E-state index contributed by atoms with van der Waals surface area (Å²) in [6, 6.07) is 2.41. The van der Waals surface area contributed by atoms with E-state index in [0.717, 1.165) is 0 Å². The first-order valence-electron chi connectivity index (χ1n) is 10.4. The lowest BCUT2D eigenvalue weighted by Gasteiger charge is -2.38. The quantitative estimate of drug-likeness (QED) is 0.526. The minimum absolute atomic E-state index is 0.106. The summed E-state index contributed by atoms with van der Waals surface area (Å²) in [6.07, 6.45) is 1.10. The maximum Gasteiger partial charge on any atom is 0.338 e. The fourth-order valence-corrected chi connectivity index (χ4v) is 5.24. The smallest absolute Gasteiger partial charge is 0.338 e. The Morgan fingerprint density at radius 2 is 2.24 bits per heavy atom. The van der Waals surface area contributed by atoms with Crippen LogP contribution < -0.4 is 5.32 Å². The first-order chi connectivity index (χ1) is 16.3. The van der Waals surface area contributed by atoms with Gasteiger partial charge in [-0.25, -0.2) is 14.2 Å². The molecule has 0 saturated carbocycles. The number of carbonyl (C=O) groups is 2. The second-order valence-corrected chi connectivity index (χ2v) is 9.47. The second-order valence-electron chi connectivity index (χ2n) is 7.72. The number of aromatic nitrogens is 1. The highest BCUT2D eigenvalue weighted by Gasteiger charge is 2.39. The lowest BCUT2D eigenvalue weighted by atomic mass is 9.95. The summed E-state index contributed by atoms with van der Waals surface area (Å²) < 4.78 is 24.9. The van der Waals surface area contributed by atoms with Gasteiger partial charge in [0.15, 0.2) is 10.8 Å². The van der Waals surface area contributed by atoms with Gasteiger partial charge in [0.1, 0.15) is 17.9 Å². The zero-order chi connectivity index (χ0) is 24.4. The number of nitrogens with one attached hydrogen (secondary N) is 1. The Bertz CT molecular complexity index is 1160. The molecule has 0 radical (unpaired) electrons. The van der Waals surface area contributed by atoms with Crippen molar-refractivity contribution in [1.82, 2.24) is 15.2 Å². The molecule has 1 aromatic heterocycles. The molecule has 0 aliphatic carbocycles. The monoisotopic (exact) mass is 552 g/mol. The van der Waals surface area contributed by atoms with Crippen LogP contribution in [0.25, 0.3) is 0 Å². The Labute approximate surface area is 207 Å². The zero-order valence-electron chi connectivity index (χ0n) is 18.3. The van der Waals surface area contributed by atoms with E-state index in [2.05, 4.69) is 26.2 Å². The minimum Gasteiger partial charge on any atom is -0.480 e. The number of thiazole rings is 1. The summed E-state index contributed by atoms with van der Waals surface area (Å²) in [5.41, 5.74) is 1.20. The first-order valence-corrected chi connectivity index (χ1v) is 12.1. The topological polar surface area (TPSA) is 113 Å². The number of methoxy groups -OCH3 is 1. The molecule has 1 fully saturated rings. The molecule has 1 saturated heterocycles. The van der Waals surface area contributed by atoms with Gasteiger partial charge in [-0.2, -0.15) is 0 Å². The molecule has 34 heavy (non-hydrogen) atoms. The van der Waals surface area contributed by atoms with E-state index in [1.807, 2.05) is 0 Å².